The summed E-state index contributed by atoms with van der Waals surface area (Å²) >= 11 is 0. The van der Waals surface area contributed by atoms with Crippen molar-refractivity contribution in [2.24, 2.45) is 0 Å². The molecular weight excluding hydrogens is 228 g/mol. The maximum atomic E-state index is 11.3. The van der Waals surface area contributed by atoms with Gasteiger partial charge in [0.15, 0.2) is 0 Å². The molecule has 4 nitrogen and oxygen atoms in total. The highest BCUT2D eigenvalue weighted by atomic mass is 16.4. The van der Waals surface area contributed by atoms with Crippen LogP contribution in [0.25, 0.3) is 10.9 Å². The van der Waals surface area contributed by atoms with Crippen LogP contribution in [-0.4, -0.2) is 29.7 Å². The molecule has 2 rings (SSSR count). The van der Waals surface area contributed by atoms with Crippen molar-refractivity contribution in [3.8, 4) is 12.3 Å². The Morgan fingerprint density at radius 3 is 2.89 bits per heavy atom. The van der Waals surface area contributed by atoms with Gasteiger partial charge in [-0.3, -0.25) is 0 Å². The summed E-state index contributed by atoms with van der Waals surface area (Å²) in [6, 6.07) is 9.00. The van der Waals surface area contributed by atoms with Crippen LogP contribution in [-0.2, 0) is 0 Å². The number of carbonyl (C=O) groups is 1. The number of para-hydroxylation sites is 1. The summed E-state index contributed by atoms with van der Waals surface area (Å²) in [5, 5.41) is 10.0. The minimum Gasteiger partial charge on any atom is -0.478 e. The normalized spacial score (nSPS) is 10.0. The van der Waals surface area contributed by atoms with E-state index in [0.717, 1.165) is 10.9 Å². The van der Waals surface area contributed by atoms with Gasteiger partial charge < -0.3 is 10.0 Å². The van der Waals surface area contributed by atoms with Gasteiger partial charge in [0.1, 0.15) is 11.4 Å². The first-order valence-electron chi connectivity index (χ1n) is 5.41. The van der Waals surface area contributed by atoms with E-state index in [1.54, 1.807) is 18.0 Å². The van der Waals surface area contributed by atoms with Gasteiger partial charge in [-0.2, -0.15) is 0 Å². The Morgan fingerprint density at radius 2 is 2.22 bits per heavy atom. The summed E-state index contributed by atoms with van der Waals surface area (Å²) in [6.07, 6.45) is 5.24. The average molecular weight is 240 g/mol. The van der Waals surface area contributed by atoms with Gasteiger partial charge in [0.25, 0.3) is 0 Å². The number of hydrogen-bond acceptors (Lipinski definition) is 3. The van der Waals surface area contributed by atoms with Gasteiger partial charge >= 0.3 is 5.97 Å². The van der Waals surface area contributed by atoms with Crippen LogP contribution in [0, 0.1) is 12.3 Å². The molecule has 90 valence electrons. The molecule has 4 heteroatoms. The molecule has 0 saturated heterocycles. The molecule has 0 aliphatic carbocycles. The molecule has 2 aromatic rings. The Labute approximate surface area is 105 Å². The predicted molar refractivity (Wildman–Crippen MR) is 70.8 cm³/mol. The smallest absolute Gasteiger partial charge is 0.339 e. The Bertz CT molecular complexity index is 644. The van der Waals surface area contributed by atoms with Gasteiger partial charge in [-0.25, -0.2) is 9.78 Å². The lowest BCUT2D eigenvalue weighted by molar-refractivity contribution is 0.0697. The van der Waals surface area contributed by atoms with Crippen molar-refractivity contribution < 1.29 is 9.90 Å². The first-order chi connectivity index (χ1) is 8.63. The highest BCUT2D eigenvalue weighted by Gasteiger charge is 2.15. The zero-order valence-electron chi connectivity index (χ0n) is 9.92. The maximum Gasteiger partial charge on any atom is 0.339 e. The van der Waals surface area contributed by atoms with E-state index in [0.29, 0.717) is 12.4 Å². The maximum absolute atomic E-state index is 11.3. The van der Waals surface area contributed by atoms with E-state index in [9.17, 15) is 9.90 Å². The molecule has 0 aliphatic heterocycles. The number of pyridine rings is 1. The molecule has 0 amide bonds. The average Bonchev–Trinajstić information content (AvgIpc) is 2.37. The SMILES string of the molecule is C#CCN(C)c1nc2ccccc2cc1C(=O)O. The van der Waals surface area contributed by atoms with E-state index in [1.807, 2.05) is 24.3 Å². The first-order valence-corrected chi connectivity index (χ1v) is 5.41. The number of terminal acetylenes is 1. The zero-order valence-corrected chi connectivity index (χ0v) is 9.92. The van der Waals surface area contributed by atoms with Crippen LogP contribution in [0.5, 0.6) is 0 Å². The summed E-state index contributed by atoms with van der Waals surface area (Å²) in [5.74, 6) is 1.85. The van der Waals surface area contributed by atoms with Gasteiger partial charge in [-0.15, -0.1) is 6.42 Å². The van der Waals surface area contributed by atoms with Gasteiger partial charge in [0.2, 0.25) is 0 Å². The molecule has 0 saturated carbocycles. The third-order valence-corrected chi connectivity index (χ3v) is 2.62. The van der Waals surface area contributed by atoms with Crippen molar-refractivity contribution in [1.82, 2.24) is 4.98 Å². The molecule has 1 aromatic carbocycles. The van der Waals surface area contributed by atoms with Crippen molar-refractivity contribution in [2.75, 3.05) is 18.5 Å². The predicted octanol–water partition coefficient (Wildman–Crippen LogP) is 2.00. The molecule has 18 heavy (non-hydrogen) atoms. The third kappa shape index (κ3) is 2.11. The lowest BCUT2D eigenvalue weighted by atomic mass is 10.1. The van der Waals surface area contributed by atoms with Crippen molar-refractivity contribution in [1.29, 1.82) is 0 Å². The second-order valence-corrected chi connectivity index (χ2v) is 3.92. The summed E-state index contributed by atoms with van der Waals surface area (Å²) in [5.41, 5.74) is 0.910. The molecule has 1 aromatic heterocycles. The topological polar surface area (TPSA) is 53.4 Å². The van der Waals surface area contributed by atoms with Crippen LogP contribution in [0.2, 0.25) is 0 Å². The fourth-order valence-corrected chi connectivity index (χ4v) is 1.77. The minimum atomic E-state index is -1.01. The number of aromatic carboxylic acids is 1. The van der Waals surface area contributed by atoms with E-state index < -0.39 is 5.97 Å². The number of benzene rings is 1. The van der Waals surface area contributed by atoms with Crippen molar-refractivity contribution in [3.63, 3.8) is 0 Å². The highest BCUT2D eigenvalue weighted by molar-refractivity contribution is 5.98. The number of carboxylic acids is 1. The molecule has 0 unspecified atom stereocenters. The second-order valence-electron chi connectivity index (χ2n) is 3.92. The zero-order chi connectivity index (χ0) is 13.1. The summed E-state index contributed by atoms with van der Waals surface area (Å²) in [6.45, 7) is 0.311. The quantitative estimate of drug-likeness (QED) is 0.834. The molecule has 0 fully saturated rings. The Kier molecular flexibility index (Phi) is 3.16. The molecule has 0 radical (unpaired) electrons. The summed E-state index contributed by atoms with van der Waals surface area (Å²) < 4.78 is 0. The molecule has 1 heterocycles. The summed E-state index contributed by atoms with van der Waals surface area (Å²) in [4.78, 5) is 17.3. The lowest BCUT2D eigenvalue weighted by Crippen LogP contribution is -2.21. The lowest BCUT2D eigenvalue weighted by Gasteiger charge is -2.17. The number of nitrogens with zero attached hydrogens (tertiary/aromatic N) is 2. The number of carboxylic acid groups (broad SMARTS) is 1. The second kappa shape index (κ2) is 4.76. The summed E-state index contributed by atoms with van der Waals surface area (Å²) in [7, 11) is 1.73. The van der Waals surface area contributed by atoms with Crippen molar-refractivity contribution in [3.05, 3.63) is 35.9 Å². The largest absolute Gasteiger partial charge is 0.478 e. The Hall–Kier alpha value is -2.54. The van der Waals surface area contributed by atoms with Gasteiger partial charge in [-0.05, 0) is 12.1 Å². The molecule has 0 bridgehead atoms. The number of hydrogen-bond donors (Lipinski definition) is 1. The van der Waals surface area contributed by atoms with Gasteiger partial charge in [0.05, 0.1) is 12.1 Å². The molecule has 0 aliphatic rings. The monoisotopic (exact) mass is 240 g/mol. The molecule has 0 spiro atoms. The van der Waals surface area contributed by atoms with E-state index in [4.69, 9.17) is 6.42 Å². The van der Waals surface area contributed by atoms with Crippen LogP contribution in [0.1, 0.15) is 10.4 Å². The Morgan fingerprint density at radius 1 is 1.50 bits per heavy atom. The third-order valence-electron chi connectivity index (χ3n) is 2.62. The van der Waals surface area contributed by atoms with Crippen LogP contribution >= 0.6 is 0 Å². The fraction of sp³-hybridized carbons (Fsp3) is 0.143. The van der Waals surface area contributed by atoms with E-state index >= 15 is 0 Å². The Balaban J connectivity index is 2.65. The number of fused-ring (bicyclic) bond motifs is 1. The standard InChI is InChI=1S/C14H12N2O2/c1-3-8-16(2)13-11(14(17)18)9-10-6-4-5-7-12(10)15-13/h1,4-7,9H,8H2,2H3,(H,17,18). The van der Waals surface area contributed by atoms with Crippen LogP contribution < -0.4 is 4.90 Å². The number of anilines is 1. The fourth-order valence-electron chi connectivity index (χ4n) is 1.77. The first kappa shape index (κ1) is 11.9. The number of aromatic nitrogens is 1. The van der Waals surface area contributed by atoms with Crippen LogP contribution in [0.3, 0.4) is 0 Å². The van der Waals surface area contributed by atoms with Gasteiger partial charge in [0, 0.05) is 12.4 Å². The van der Waals surface area contributed by atoms with Crippen molar-refractivity contribution >= 4 is 22.7 Å². The van der Waals surface area contributed by atoms with Crippen molar-refractivity contribution in [2.45, 2.75) is 0 Å². The van der Waals surface area contributed by atoms with E-state index in [2.05, 4.69) is 10.9 Å². The van der Waals surface area contributed by atoms with E-state index in [1.165, 1.54) is 0 Å². The molecule has 1 N–H and O–H groups in total. The van der Waals surface area contributed by atoms with Crippen LogP contribution in [0.15, 0.2) is 30.3 Å². The minimum absolute atomic E-state index is 0.159. The molecule has 0 atom stereocenters. The van der Waals surface area contributed by atoms with Gasteiger partial charge in [-0.1, -0.05) is 24.1 Å². The van der Waals surface area contributed by atoms with Crippen LogP contribution in [0.4, 0.5) is 5.82 Å². The highest BCUT2D eigenvalue weighted by Crippen LogP contribution is 2.22. The van der Waals surface area contributed by atoms with E-state index in [-0.39, 0.29) is 5.56 Å². The molecular formula is C14H12N2O2. The number of rotatable bonds is 3.